The Morgan fingerprint density at radius 3 is 2.43 bits per heavy atom. The van der Waals surface area contributed by atoms with E-state index >= 15 is 0 Å². The number of rotatable bonds is 7. The highest BCUT2D eigenvalue weighted by molar-refractivity contribution is 7.92. The number of nitrogens with one attached hydrogen (secondary N) is 1. The summed E-state index contributed by atoms with van der Waals surface area (Å²) in [6.07, 6.45) is 2.56. The maximum Gasteiger partial charge on any atom is 0.308 e. The fraction of sp³-hybridized carbons (Fsp3) is 0.158. The van der Waals surface area contributed by atoms with Gasteiger partial charge in [0.25, 0.3) is 0 Å². The molecule has 0 atom stereocenters. The van der Waals surface area contributed by atoms with Crippen LogP contribution in [0.1, 0.15) is 12.5 Å². The largest absolute Gasteiger partial charge is 0.494 e. The van der Waals surface area contributed by atoms with Crippen LogP contribution in [0.15, 0.2) is 48.7 Å². The molecule has 2 heterocycles. The van der Waals surface area contributed by atoms with E-state index in [4.69, 9.17) is 9.47 Å². The van der Waals surface area contributed by atoms with E-state index < -0.39 is 16.0 Å². The summed E-state index contributed by atoms with van der Waals surface area (Å²) in [6, 6.07) is 10.7. The average molecular weight is 433 g/mol. The van der Waals surface area contributed by atoms with Gasteiger partial charge in [-0.05, 0) is 29.8 Å². The molecule has 0 fully saturated rings. The lowest BCUT2D eigenvalue weighted by Gasteiger charge is -2.09. The van der Waals surface area contributed by atoms with Crippen molar-refractivity contribution in [3.8, 4) is 29.1 Å². The third-order valence-corrected chi connectivity index (χ3v) is 4.39. The Morgan fingerprint density at radius 2 is 1.87 bits per heavy atom. The topological polar surface area (TPSA) is 140 Å². The molecule has 0 aliphatic rings. The number of nitrogens with zero attached hydrogens (tertiary/aromatic N) is 2. The van der Waals surface area contributed by atoms with E-state index in [9.17, 15) is 23.4 Å². The van der Waals surface area contributed by atoms with Crippen molar-refractivity contribution in [2.24, 2.45) is 0 Å². The van der Waals surface area contributed by atoms with E-state index in [2.05, 4.69) is 9.71 Å². The Morgan fingerprint density at radius 1 is 1.17 bits per heavy atom. The van der Waals surface area contributed by atoms with Crippen LogP contribution in [-0.4, -0.2) is 40.4 Å². The normalized spacial score (nSPS) is 11.1. The third-order valence-electron chi connectivity index (χ3n) is 3.78. The molecule has 2 aromatic heterocycles. The van der Waals surface area contributed by atoms with Crippen LogP contribution in [0.5, 0.6) is 29.1 Å². The molecule has 0 saturated heterocycles. The molecule has 0 aliphatic carbocycles. The van der Waals surface area contributed by atoms with Crippen LogP contribution in [-0.2, 0) is 21.4 Å². The first-order valence-electron chi connectivity index (χ1n) is 8.61. The summed E-state index contributed by atoms with van der Waals surface area (Å²) in [4.78, 5) is 15.2. The number of ether oxygens (including phenoxy) is 2. The van der Waals surface area contributed by atoms with Gasteiger partial charge in [-0.15, -0.1) is 0 Å². The standard InChI is InChI=1S/C19H19N3O7S/c1-12(23)28-16-9-18(24)22(19(16)25)11-13-3-8-17(20-10-13)29-15-6-4-14(5-7-15)21-30(2,26)27/h3-10,21,24-25H,11H2,1-2H3. The van der Waals surface area contributed by atoms with Crippen LogP contribution in [0, 0.1) is 0 Å². The zero-order valence-electron chi connectivity index (χ0n) is 16.1. The molecule has 11 heteroatoms. The van der Waals surface area contributed by atoms with Crippen LogP contribution < -0.4 is 14.2 Å². The summed E-state index contributed by atoms with van der Waals surface area (Å²) in [7, 11) is -3.36. The van der Waals surface area contributed by atoms with Gasteiger partial charge < -0.3 is 19.7 Å². The van der Waals surface area contributed by atoms with Crippen LogP contribution in [0.2, 0.25) is 0 Å². The summed E-state index contributed by atoms with van der Waals surface area (Å²) in [6.45, 7) is 1.27. The molecule has 0 spiro atoms. The lowest BCUT2D eigenvalue weighted by atomic mass is 10.3. The molecule has 0 aliphatic heterocycles. The number of hydrogen-bond acceptors (Lipinski definition) is 8. The van der Waals surface area contributed by atoms with Crippen LogP contribution in [0.4, 0.5) is 5.69 Å². The summed E-state index contributed by atoms with van der Waals surface area (Å²) in [5.41, 5.74) is 1.05. The molecule has 158 valence electrons. The van der Waals surface area contributed by atoms with Gasteiger partial charge in [-0.2, -0.15) is 0 Å². The summed E-state index contributed by atoms with van der Waals surface area (Å²) in [5.74, 6) is -0.657. The first-order chi connectivity index (χ1) is 14.1. The Bertz CT molecular complexity index is 1150. The summed E-state index contributed by atoms with van der Waals surface area (Å²) in [5, 5.41) is 20.1. The van der Waals surface area contributed by atoms with Crippen molar-refractivity contribution in [1.29, 1.82) is 0 Å². The fourth-order valence-electron chi connectivity index (χ4n) is 2.56. The Balaban J connectivity index is 1.67. The van der Waals surface area contributed by atoms with E-state index in [0.29, 0.717) is 22.9 Å². The van der Waals surface area contributed by atoms with Gasteiger partial charge in [0.1, 0.15) is 5.75 Å². The molecule has 0 unspecified atom stereocenters. The second kappa shape index (κ2) is 8.33. The molecule has 1 aromatic carbocycles. The summed E-state index contributed by atoms with van der Waals surface area (Å²) < 4.78 is 36.4. The van der Waals surface area contributed by atoms with E-state index in [-0.39, 0.29) is 24.1 Å². The second-order valence-corrected chi connectivity index (χ2v) is 8.12. The zero-order valence-corrected chi connectivity index (χ0v) is 16.9. The minimum Gasteiger partial charge on any atom is -0.494 e. The quantitative estimate of drug-likeness (QED) is 0.483. The van der Waals surface area contributed by atoms with E-state index in [1.807, 2.05) is 0 Å². The highest BCUT2D eigenvalue weighted by atomic mass is 32.2. The van der Waals surface area contributed by atoms with Gasteiger partial charge in [0.2, 0.25) is 21.8 Å². The van der Waals surface area contributed by atoms with Gasteiger partial charge in [0.15, 0.2) is 11.6 Å². The number of sulfonamides is 1. The van der Waals surface area contributed by atoms with Gasteiger partial charge >= 0.3 is 5.97 Å². The van der Waals surface area contributed by atoms with Gasteiger partial charge in [-0.25, -0.2) is 13.4 Å². The highest BCUT2D eigenvalue weighted by Crippen LogP contribution is 2.35. The second-order valence-electron chi connectivity index (χ2n) is 6.38. The Kier molecular flexibility index (Phi) is 5.83. The first kappa shape index (κ1) is 21.0. The van der Waals surface area contributed by atoms with E-state index in [0.717, 1.165) is 16.9 Å². The lowest BCUT2D eigenvalue weighted by Crippen LogP contribution is -2.09. The number of aromatic nitrogens is 2. The van der Waals surface area contributed by atoms with Crippen LogP contribution in [0.3, 0.4) is 0 Å². The van der Waals surface area contributed by atoms with E-state index in [1.54, 1.807) is 36.4 Å². The van der Waals surface area contributed by atoms with Crippen molar-refractivity contribution >= 4 is 21.7 Å². The maximum absolute atomic E-state index is 11.2. The molecule has 0 bridgehead atoms. The molecular weight excluding hydrogens is 414 g/mol. The smallest absolute Gasteiger partial charge is 0.308 e. The van der Waals surface area contributed by atoms with Crippen molar-refractivity contribution in [3.63, 3.8) is 0 Å². The molecule has 3 N–H and O–H groups in total. The molecule has 3 aromatic rings. The molecular formula is C19H19N3O7S. The minimum atomic E-state index is -3.36. The van der Waals surface area contributed by atoms with Gasteiger partial charge in [0, 0.05) is 30.9 Å². The maximum atomic E-state index is 11.2. The molecule has 0 saturated carbocycles. The monoisotopic (exact) mass is 433 g/mol. The SMILES string of the molecule is CC(=O)Oc1cc(O)n(Cc2ccc(Oc3ccc(NS(C)(=O)=O)cc3)nc2)c1O. The predicted molar refractivity (Wildman–Crippen MR) is 107 cm³/mol. The number of aromatic hydroxyl groups is 2. The zero-order chi connectivity index (χ0) is 21.9. The number of esters is 1. The van der Waals surface area contributed by atoms with Crippen molar-refractivity contribution in [2.75, 3.05) is 11.0 Å². The van der Waals surface area contributed by atoms with Crippen LogP contribution >= 0.6 is 0 Å². The summed E-state index contributed by atoms with van der Waals surface area (Å²) >= 11 is 0. The lowest BCUT2D eigenvalue weighted by molar-refractivity contribution is -0.132. The Labute approximate surface area is 172 Å². The van der Waals surface area contributed by atoms with Crippen molar-refractivity contribution in [1.82, 2.24) is 9.55 Å². The van der Waals surface area contributed by atoms with Gasteiger partial charge in [-0.1, -0.05) is 6.07 Å². The molecule has 0 radical (unpaired) electrons. The number of hydrogen-bond donors (Lipinski definition) is 3. The number of anilines is 1. The van der Waals surface area contributed by atoms with Gasteiger partial charge in [-0.3, -0.25) is 14.1 Å². The fourth-order valence-corrected chi connectivity index (χ4v) is 3.12. The first-order valence-corrected chi connectivity index (χ1v) is 10.5. The molecule has 30 heavy (non-hydrogen) atoms. The highest BCUT2D eigenvalue weighted by Gasteiger charge is 2.17. The molecule has 10 nitrogen and oxygen atoms in total. The molecule has 0 amide bonds. The minimum absolute atomic E-state index is 0.0814. The number of benzene rings is 1. The molecule has 3 rings (SSSR count). The van der Waals surface area contributed by atoms with Crippen molar-refractivity contribution < 1.29 is 32.9 Å². The number of pyridine rings is 1. The predicted octanol–water partition coefficient (Wildman–Crippen LogP) is 2.43. The van der Waals surface area contributed by atoms with Crippen molar-refractivity contribution in [3.05, 3.63) is 54.2 Å². The number of carbonyl (C=O) groups excluding carboxylic acids is 1. The average Bonchev–Trinajstić information content (AvgIpc) is 2.90. The third kappa shape index (κ3) is 5.41. The number of carbonyl (C=O) groups is 1. The van der Waals surface area contributed by atoms with Gasteiger partial charge in [0.05, 0.1) is 12.8 Å². The van der Waals surface area contributed by atoms with Crippen LogP contribution in [0.25, 0.3) is 0 Å². The van der Waals surface area contributed by atoms with E-state index in [1.165, 1.54) is 13.1 Å². The van der Waals surface area contributed by atoms with Crippen molar-refractivity contribution in [2.45, 2.75) is 13.5 Å². The Hall–Kier alpha value is -3.73.